The van der Waals surface area contributed by atoms with Gasteiger partial charge in [-0.25, -0.2) is 18.4 Å². The molecule has 0 spiro atoms. The molecular formula is C19H27N5O3S2. The van der Waals surface area contributed by atoms with E-state index in [4.69, 9.17) is 0 Å². The quantitative estimate of drug-likeness (QED) is 0.710. The highest BCUT2D eigenvalue weighted by atomic mass is 32.2. The number of piperazine rings is 1. The number of rotatable bonds is 5. The number of nitrogens with zero attached hydrogens (tertiary/aromatic N) is 5. The van der Waals surface area contributed by atoms with Gasteiger partial charge in [0.15, 0.2) is 5.13 Å². The number of sulfonamides is 1. The standard InChI is InChI=1S/C19H27N5O3S2/c1-2-14-29(26,27)24-9-4-3-7-16(24)18(25)22-10-12-23(13-11-22)19-21-15-6-5-8-20-17(15)28-19/h5-6,8,16H,2-4,7,9-14H2,1H3. The number of pyridine rings is 1. The second kappa shape index (κ2) is 8.53. The Labute approximate surface area is 175 Å². The van der Waals surface area contributed by atoms with Crippen molar-refractivity contribution in [2.75, 3.05) is 43.4 Å². The number of amides is 1. The SMILES string of the molecule is CCCS(=O)(=O)N1CCCCC1C(=O)N1CCN(c2nc3cccnc3s2)CC1. The van der Waals surface area contributed by atoms with Crippen LogP contribution in [0.3, 0.4) is 0 Å². The molecule has 0 bridgehead atoms. The van der Waals surface area contributed by atoms with E-state index >= 15 is 0 Å². The molecule has 2 fully saturated rings. The summed E-state index contributed by atoms with van der Waals surface area (Å²) in [5.74, 6) is 0.0610. The summed E-state index contributed by atoms with van der Waals surface area (Å²) in [5.41, 5.74) is 0.894. The lowest BCUT2D eigenvalue weighted by Gasteiger charge is -2.40. The van der Waals surface area contributed by atoms with E-state index in [9.17, 15) is 13.2 Å². The van der Waals surface area contributed by atoms with Crippen molar-refractivity contribution < 1.29 is 13.2 Å². The smallest absolute Gasteiger partial charge is 0.241 e. The highest BCUT2D eigenvalue weighted by Gasteiger charge is 2.39. The molecule has 1 atom stereocenters. The maximum Gasteiger partial charge on any atom is 0.241 e. The molecule has 8 nitrogen and oxygen atoms in total. The summed E-state index contributed by atoms with van der Waals surface area (Å²) in [6, 6.07) is 3.29. The molecule has 2 saturated heterocycles. The molecule has 1 amide bonds. The summed E-state index contributed by atoms with van der Waals surface area (Å²) in [5, 5.41) is 0.926. The van der Waals surface area contributed by atoms with E-state index in [0.29, 0.717) is 45.6 Å². The molecule has 4 heterocycles. The number of carbonyl (C=O) groups excluding carboxylic acids is 1. The third-order valence-electron chi connectivity index (χ3n) is 5.58. The van der Waals surface area contributed by atoms with Gasteiger partial charge >= 0.3 is 0 Å². The molecule has 10 heteroatoms. The van der Waals surface area contributed by atoms with Crippen LogP contribution in [0.4, 0.5) is 5.13 Å². The summed E-state index contributed by atoms with van der Waals surface area (Å²) < 4.78 is 26.7. The first kappa shape index (κ1) is 20.5. The van der Waals surface area contributed by atoms with Gasteiger partial charge in [-0.1, -0.05) is 24.7 Å². The van der Waals surface area contributed by atoms with E-state index < -0.39 is 16.1 Å². The van der Waals surface area contributed by atoms with Gasteiger partial charge in [-0.05, 0) is 31.4 Å². The Hall–Kier alpha value is -1.78. The number of piperidine rings is 1. The Morgan fingerprint density at radius 2 is 2.00 bits per heavy atom. The van der Waals surface area contributed by atoms with Crippen LogP contribution in [-0.4, -0.2) is 78.0 Å². The third-order valence-corrected chi connectivity index (χ3v) is 8.69. The van der Waals surface area contributed by atoms with Crippen LogP contribution in [-0.2, 0) is 14.8 Å². The number of hydrogen-bond donors (Lipinski definition) is 0. The molecule has 2 aliphatic rings. The van der Waals surface area contributed by atoms with Crippen molar-refractivity contribution >= 4 is 42.7 Å². The lowest BCUT2D eigenvalue weighted by atomic mass is 10.0. The number of carbonyl (C=O) groups is 1. The van der Waals surface area contributed by atoms with Crippen molar-refractivity contribution in [2.45, 2.75) is 38.6 Å². The predicted molar refractivity (Wildman–Crippen MR) is 115 cm³/mol. The number of thiazole rings is 1. The van der Waals surface area contributed by atoms with Gasteiger partial charge in [-0.3, -0.25) is 4.79 Å². The third kappa shape index (κ3) is 4.24. The van der Waals surface area contributed by atoms with Crippen molar-refractivity contribution in [1.29, 1.82) is 0 Å². The average molecular weight is 438 g/mol. The minimum atomic E-state index is -3.37. The fourth-order valence-electron chi connectivity index (χ4n) is 4.08. The van der Waals surface area contributed by atoms with Gasteiger partial charge in [-0.15, -0.1) is 0 Å². The summed E-state index contributed by atoms with van der Waals surface area (Å²) in [4.78, 5) is 27.1. The monoisotopic (exact) mass is 437 g/mol. The Balaban J connectivity index is 1.42. The molecule has 0 saturated carbocycles. The van der Waals surface area contributed by atoms with Crippen LogP contribution in [0.2, 0.25) is 0 Å². The van der Waals surface area contributed by atoms with Gasteiger partial charge in [0.05, 0.1) is 5.75 Å². The summed E-state index contributed by atoms with van der Waals surface area (Å²) in [6.45, 7) is 4.87. The predicted octanol–water partition coefficient (Wildman–Crippen LogP) is 1.93. The minimum Gasteiger partial charge on any atom is -0.344 e. The Kier molecular flexibility index (Phi) is 6.03. The molecule has 4 rings (SSSR count). The molecule has 2 aromatic rings. The lowest BCUT2D eigenvalue weighted by Crippen LogP contribution is -2.57. The number of aromatic nitrogens is 2. The van der Waals surface area contributed by atoms with Crippen LogP contribution in [0.15, 0.2) is 18.3 Å². The molecule has 0 aromatic carbocycles. The normalized spacial score (nSPS) is 21.6. The van der Waals surface area contributed by atoms with E-state index in [2.05, 4.69) is 14.9 Å². The van der Waals surface area contributed by atoms with Crippen molar-refractivity contribution in [1.82, 2.24) is 19.2 Å². The molecule has 1 unspecified atom stereocenters. The average Bonchev–Trinajstić information content (AvgIpc) is 3.18. The van der Waals surface area contributed by atoms with Gasteiger partial charge in [0.1, 0.15) is 16.4 Å². The van der Waals surface area contributed by atoms with E-state index in [1.165, 1.54) is 4.31 Å². The zero-order valence-corrected chi connectivity index (χ0v) is 18.3. The molecular weight excluding hydrogens is 410 g/mol. The van der Waals surface area contributed by atoms with Crippen LogP contribution in [0.5, 0.6) is 0 Å². The largest absolute Gasteiger partial charge is 0.344 e. The molecule has 0 aliphatic carbocycles. The van der Waals surface area contributed by atoms with Crippen molar-refractivity contribution in [3.63, 3.8) is 0 Å². The summed E-state index contributed by atoms with van der Waals surface area (Å²) in [6.07, 6.45) is 4.67. The van der Waals surface area contributed by atoms with E-state index in [-0.39, 0.29) is 11.7 Å². The zero-order chi connectivity index (χ0) is 20.4. The second-order valence-corrected chi connectivity index (χ2v) is 10.6. The van der Waals surface area contributed by atoms with Crippen LogP contribution < -0.4 is 4.90 Å². The van der Waals surface area contributed by atoms with Gasteiger partial charge in [0.25, 0.3) is 0 Å². The number of fused-ring (bicyclic) bond motifs is 1. The molecule has 2 aliphatic heterocycles. The Morgan fingerprint density at radius 1 is 1.21 bits per heavy atom. The van der Waals surface area contributed by atoms with Crippen LogP contribution >= 0.6 is 11.3 Å². The molecule has 0 N–H and O–H groups in total. The van der Waals surface area contributed by atoms with Gasteiger partial charge in [-0.2, -0.15) is 4.31 Å². The van der Waals surface area contributed by atoms with Crippen LogP contribution in [0.25, 0.3) is 10.3 Å². The van der Waals surface area contributed by atoms with Crippen LogP contribution in [0, 0.1) is 0 Å². The Bertz CT molecular complexity index is 936. The van der Waals surface area contributed by atoms with Gasteiger partial charge in [0.2, 0.25) is 15.9 Å². The highest BCUT2D eigenvalue weighted by molar-refractivity contribution is 7.89. The minimum absolute atomic E-state index is 0.0463. The second-order valence-electron chi connectivity index (χ2n) is 7.57. The van der Waals surface area contributed by atoms with E-state index in [1.54, 1.807) is 17.5 Å². The number of hydrogen-bond acceptors (Lipinski definition) is 7. The Morgan fingerprint density at radius 3 is 2.72 bits per heavy atom. The van der Waals surface area contributed by atoms with Gasteiger partial charge in [0, 0.05) is 38.9 Å². The first-order valence-electron chi connectivity index (χ1n) is 10.2. The maximum absolute atomic E-state index is 13.2. The van der Waals surface area contributed by atoms with Crippen LogP contribution in [0.1, 0.15) is 32.6 Å². The molecule has 29 heavy (non-hydrogen) atoms. The zero-order valence-electron chi connectivity index (χ0n) is 16.7. The first-order chi connectivity index (χ1) is 14.0. The highest BCUT2D eigenvalue weighted by Crippen LogP contribution is 2.28. The van der Waals surface area contributed by atoms with Gasteiger partial charge < -0.3 is 9.80 Å². The number of anilines is 1. The topological polar surface area (TPSA) is 86.7 Å². The molecule has 2 aromatic heterocycles. The van der Waals surface area contributed by atoms with E-state index in [0.717, 1.165) is 28.3 Å². The van der Waals surface area contributed by atoms with Crippen molar-refractivity contribution in [2.24, 2.45) is 0 Å². The summed E-state index contributed by atoms with van der Waals surface area (Å²) >= 11 is 1.56. The fourth-order valence-corrected chi connectivity index (χ4v) is 6.78. The van der Waals surface area contributed by atoms with E-state index in [1.807, 2.05) is 24.0 Å². The van der Waals surface area contributed by atoms with Crippen molar-refractivity contribution in [3.05, 3.63) is 18.3 Å². The fraction of sp³-hybridized carbons (Fsp3) is 0.632. The van der Waals surface area contributed by atoms with Crippen molar-refractivity contribution in [3.8, 4) is 0 Å². The molecule has 158 valence electrons. The lowest BCUT2D eigenvalue weighted by molar-refractivity contribution is -0.136. The maximum atomic E-state index is 13.2. The first-order valence-corrected chi connectivity index (χ1v) is 12.7. The molecule has 0 radical (unpaired) electrons. The summed E-state index contributed by atoms with van der Waals surface area (Å²) in [7, 11) is -3.37.